The lowest BCUT2D eigenvalue weighted by Crippen LogP contribution is -2.43. The number of halogens is 2. The van der Waals surface area contributed by atoms with E-state index in [-0.39, 0.29) is 29.4 Å². The zero-order valence-electron chi connectivity index (χ0n) is 23.8. The number of fused-ring (bicyclic) bond motifs is 5. The van der Waals surface area contributed by atoms with Gasteiger partial charge in [0.05, 0.1) is 35.0 Å². The molecule has 2 saturated heterocycles. The van der Waals surface area contributed by atoms with E-state index in [9.17, 15) is 24.3 Å². The molecule has 224 valence electrons. The Balaban J connectivity index is 1.28. The second-order valence-electron chi connectivity index (χ2n) is 12.2. The Labute approximate surface area is 275 Å². The van der Waals surface area contributed by atoms with Gasteiger partial charge in [0, 0.05) is 20.2 Å². The van der Waals surface area contributed by atoms with E-state index in [0.717, 1.165) is 25.5 Å². The molecule has 3 fully saturated rings. The quantitative estimate of drug-likeness (QED) is 0.179. The Morgan fingerprint density at radius 1 is 0.600 bits per heavy atom. The third kappa shape index (κ3) is 4.20. The molecule has 1 saturated carbocycles. The van der Waals surface area contributed by atoms with E-state index in [4.69, 9.17) is 0 Å². The fraction of sp³-hybridized carbons (Fsp3) is 0.222. The summed E-state index contributed by atoms with van der Waals surface area (Å²) in [6.45, 7) is 0. The van der Waals surface area contributed by atoms with Gasteiger partial charge in [0.1, 0.15) is 5.75 Å². The normalized spacial score (nSPS) is 27.5. The van der Waals surface area contributed by atoms with E-state index in [0.29, 0.717) is 29.6 Å². The molecule has 4 aliphatic rings. The first-order valence-corrected chi connectivity index (χ1v) is 16.5. The van der Waals surface area contributed by atoms with Crippen LogP contribution in [0.5, 0.6) is 5.75 Å². The van der Waals surface area contributed by atoms with Gasteiger partial charge in [-0.05, 0) is 84.3 Å². The van der Waals surface area contributed by atoms with Gasteiger partial charge in [-0.25, -0.2) is 0 Å². The smallest absolute Gasteiger partial charge is 0.238 e. The Kier molecular flexibility index (Phi) is 6.62. The number of carbonyl (C=O) groups is 4. The van der Waals surface area contributed by atoms with Gasteiger partial charge < -0.3 is 5.11 Å². The minimum atomic E-state index is -0.692. The van der Waals surface area contributed by atoms with Gasteiger partial charge in [-0.15, -0.1) is 0 Å². The third-order valence-electron chi connectivity index (χ3n) is 10.1. The topological polar surface area (TPSA) is 95.0 Å². The highest BCUT2D eigenvalue weighted by atomic mass is 79.9. The molecule has 4 aromatic carbocycles. The summed E-state index contributed by atoms with van der Waals surface area (Å²) in [5, 5.41) is 12.2. The molecular formula is C36H26Br2N2O5. The standard InChI is InChI=1S/C36H26Br2N2O5/c37-18-5-9-20(10-6-18)39-33(42)26-14-13-25-27(31(26)35(39)44)17-28-32(36(45)40(34(28)43)21-11-7-19(38)8-12-21)30(25)24-15-16-29(41)23-4-2-1-3-22(23)24/h1-13,15-16,26-28,30-32,41H,14,17H2/t26-,27+,28+,30-,31-,32+/m0/s1. The maximum atomic E-state index is 14.4. The number of nitrogens with zero attached hydrogens (tertiary/aromatic N) is 2. The molecule has 45 heavy (non-hydrogen) atoms. The molecule has 0 unspecified atom stereocenters. The largest absolute Gasteiger partial charge is 0.507 e. The Hall–Kier alpha value is -4.08. The van der Waals surface area contributed by atoms with Crippen LogP contribution in [0.1, 0.15) is 24.3 Å². The lowest BCUT2D eigenvalue weighted by Gasteiger charge is -2.44. The van der Waals surface area contributed by atoms with Gasteiger partial charge >= 0.3 is 0 Å². The second-order valence-corrected chi connectivity index (χ2v) is 14.1. The van der Waals surface area contributed by atoms with Crippen LogP contribution in [0.4, 0.5) is 11.4 Å². The maximum absolute atomic E-state index is 14.4. The van der Waals surface area contributed by atoms with Crippen LogP contribution in [0, 0.1) is 29.6 Å². The summed E-state index contributed by atoms with van der Waals surface area (Å²) in [6, 6.07) is 25.2. The first-order chi connectivity index (χ1) is 21.7. The van der Waals surface area contributed by atoms with Crippen molar-refractivity contribution in [1.82, 2.24) is 0 Å². The SMILES string of the molecule is O=C1[C@H]2[C@H](CC=C3[C@H]2C[C@H]2C(=O)N(c4ccc(Br)cc4)C(=O)[C@H]2[C@H]3c2ccc(O)c3ccccc23)C(=O)N1c1ccc(Br)cc1. The zero-order valence-corrected chi connectivity index (χ0v) is 26.9. The van der Waals surface area contributed by atoms with Gasteiger partial charge in [-0.2, -0.15) is 0 Å². The number of anilines is 2. The number of rotatable bonds is 3. The van der Waals surface area contributed by atoms with Crippen molar-refractivity contribution in [2.75, 3.05) is 9.80 Å². The van der Waals surface area contributed by atoms with Gasteiger partial charge in [-0.1, -0.05) is 73.8 Å². The molecule has 0 aromatic heterocycles. The van der Waals surface area contributed by atoms with Crippen LogP contribution in [0.3, 0.4) is 0 Å². The molecule has 1 N–H and O–H groups in total. The number of benzene rings is 4. The highest BCUT2D eigenvalue weighted by molar-refractivity contribution is 9.10. The Bertz CT molecular complexity index is 1970. The molecule has 6 atom stereocenters. The summed E-state index contributed by atoms with van der Waals surface area (Å²) in [4.78, 5) is 59.2. The minimum absolute atomic E-state index is 0.128. The number of phenols is 1. The van der Waals surface area contributed by atoms with Crippen LogP contribution in [0.15, 0.2) is 106 Å². The van der Waals surface area contributed by atoms with E-state index in [1.54, 1.807) is 54.6 Å². The molecule has 2 aliphatic heterocycles. The second kappa shape index (κ2) is 10.5. The van der Waals surface area contributed by atoms with Crippen molar-refractivity contribution in [1.29, 1.82) is 0 Å². The average molecular weight is 726 g/mol. The summed E-state index contributed by atoms with van der Waals surface area (Å²) in [7, 11) is 0. The summed E-state index contributed by atoms with van der Waals surface area (Å²) in [5.74, 6) is -4.41. The van der Waals surface area contributed by atoms with Gasteiger partial charge in [0.2, 0.25) is 23.6 Å². The van der Waals surface area contributed by atoms with Crippen LogP contribution in [0.25, 0.3) is 10.8 Å². The van der Waals surface area contributed by atoms with Gasteiger partial charge in [0.15, 0.2) is 0 Å². The van der Waals surface area contributed by atoms with Crippen molar-refractivity contribution < 1.29 is 24.3 Å². The van der Waals surface area contributed by atoms with Crippen molar-refractivity contribution in [2.45, 2.75) is 18.8 Å². The minimum Gasteiger partial charge on any atom is -0.507 e. The fourth-order valence-electron chi connectivity index (χ4n) is 8.20. The zero-order chi connectivity index (χ0) is 31.1. The third-order valence-corrected chi connectivity index (χ3v) is 11.1. The van der Waals surface area contributed by atoms with Gasteiger partial charge in [-0.3, -0.25) is 29.0 Å². The predicted molar refractivity (Wildman–Crippen MR) is 176 cm³/mol. The van der Waals surface area contributed by atoms with E-state index < -0.39 is 35.5 Å². The number of amides is 4. The number of allylic oxidation sites excluding steroid dienone is 2. The van der Waals surface area contributed by atoms with E-state index in [2.05, 4.69) is 31.9 Å². The molecule has 8 rings (SSSR count). The molecule has 2 heterocycles. The summed E-state index contributed by atoms with van der Waals surface area (Å²) in [6.07, 6.45) is 2.72. The molecule has 9 heteroatoms. The van der Waals surface area contributed by atoms with Crippen molar-refractivity contribution in [3.05, 3.63) is 111 Å². The lowest BCUT2D eigenvalue weighted by molar-refractivity contribution is -0.126. The van der Waals surface area contributed by atoms with Crippen molar-refractivity contribution in [3.63, 3.8) is 0 Å². The molecule has 0 bridgehead atoms. The van der Waals surface area contributed by atoms with Crippen LogP contribution in [-0.2, 0) is 19.2 Å². The van der Waals surface area contributed by atoms with Crippen LogP contribution in [-0.4, -0.2) is 28.7 Å². The fourth-order valence-corrected chi connectivity index (χ4v) is 8.73. The molecule has 7 nitrogen and oxygen atoms in total. The summed E-state index contributed by atoms with van der Waals surface area (Å²) >= 11 is 6.86. The highest BCUT2D eigenvalue weighted by Gasteiger charge is 2.62. The Morgan fingerprint density at radius 2 is 1.16 bits per heavy atom. The molecule has 4 aromatic rings. The highest BCUT2D eigenvalue weighted by Crippen LogP contribution is 2.59. The van der Waals surface area contributed by atoms with E-state index in [1.165, 1.54) is 9.80 Å². The number of hydrogen-bond acceptors (Lipinski definition) is 5. The molecular weight excluding hydrogens is 700 g/mol. The maximum Gasteiger partial charge on any atom is 0.238 e. The number of imide groups is 2. The van der Waals surface area contributed by atoms with Crippen molar-refractivity contribution in [3.8, 4) is 5.75 Å². The number of phenolic OH excluding ortho intramolecular Hbond substituents is 1. The number of carbonyl (C=O) groups excluding carboxylic acids is 4. The summed E-state index contributed by atoms with van der Waals surface area (Å²) in [5.41, 5.74) is 2.77. The number of aromatic hydroxyl groups is 1. The molecule has 4 amide bonds. The van der Waals surface area contributed by atoms with Crippen LogP contribution < -0.4 is 9.80 Å². The molecule has 2 aliphatic carbocycles. The predicted octanol–water partition coefficient (Wildman–Crippen LogP) is 7.12. The monoisotopic (exact) mass is 724 g/mol. The van der Waals surface area contributed by atoms with Crippen LogP contribution >= 0.6 is 31.9 Å². The summed E-state index contributed by atoms with van der Waals surface area (Å²) < 4.78 is 1.67. The average Bonchev–Trinajstić information content (AvgIpc) is 3.45. The van der Waals surface area contributed by atoms with Crippen molar-refractivity contribution >= 4 is 77.6 Å². The lowest BCUT2D eigenvalue weighted by atomic mass is 9.57. The van der Waals surface area contributed by atoms with Gasteiger partial charge in [0.25, 0.3) is 0 Å². The van der Waals surface area contributed by atoms with E-state index in [1.807, 2.05) is 36.4 Å². The van der Waals surface area contributed by atoms with Crippen LogP contribution in [0.2, 0.25) is 0 Å². The van der Waals surface area contributed by atoms with Crippen molar-refractivity contribution in [2.24, 2.45) is 29.6 Å². The number of hydrogen-bond donors (Lipinski definition) is 1. The Morgan fingerprint density at radius 3 is 1.78 bits per heavy atom. The molecule has 0 spiro atoms. The first-order valence-electron chi connectivity index (χ1n) is 14.9. The van der Waals surface area contributed by atoms with E-state index >= 15 is 0 Å². The first kappa shape index (κ1) is 28.4. The molecule has 0 radical (unpaired) electrons.